The molecule has 0 radical (unpaired) electrons. The van der Waals surface area contributed by atoms with Gasteiger partial charge in [-0.25, -0.2) is 9.48 Å². The lowest BCUT2D eigenvalue weighted by molar-refractivity contribution is -0.656. The van der Waals surface area contributed by atoms with Crippen LogP contribution in [0.15, 0.2) is 48.5 Å². The van der Waals surface area contributed by atoms with Crippen LogP contribution in [0.3, 0.4) is 0 Å². The summed E-state index contributed by atoms with van der Waals surface area (Å²) in [6, 6.07) is 17.0. The van der Waals surface area contributed by atoms with Crippen LogP contribution in [0.2, 0.25) is 0 Å². The van der Waals surface area contributed by atoms with Gasteiger partial charge in [-0.1, -0.05) is 63.2 Å². The van der Waals surface area contributed by atoms with E-state index in [9.17, 15) is 5.11 Å². The zero-order valence-electron chi connectivity index (χ0n) is 17.1. The maximum absolute atomic E-state index is 11.8. The molecule has 1 atom stereocenters. The van der Waals surface area contributed by atoms with E-state index in [2.05, 4.69) is 85.7 Å². The second-order valence-corrected chi connectivity index (χ2v) is 9.71. The number of halogens is 1. The van der Waals surface area contributed by atoms with E-state index in [-0.39, 0.29) is 22.4 Å². The molecule has 0 aliphatic carbocycles. The van der Waals surface area contributed by atoms with E-state index in [1.54, 1.807) is 0 Å². The molecule has 0 bridgehead atoms. The quantitative estimate of drug-likeness (QED) is 0.687. The number of benzene rings is 2. The molecule has 0 aromatic heterocycles. The van der Waals surface area contributed by atoms with Crippen LogP contribution in [-0.2, 0) is 11.1 Å². The van der Waals surface area contributed by atoms with Crippen LogP contribution in [-0.4, -0.2) is 33.7 Å². The van der Waals surface area contributed by atoms with Crippen molar-refractivity contribution in [3.8, 4) is 0 Å². The van der Waals surface area contributed by atoms with E-state index in [4.69, 9.17) is 0 Å². The first-order chi connectivity index (χ1) is 12.8. The second kappa shape index (κ2) is 7.85. The van der Waals surface area contributed by atoms with Crippen molar-refractivity contribution in [1.82, 2.24) is 0 Å². The highest BCUT2D eigenvalue weighted by Gasteiger charge is 2.53. The number of hydrogen-bond donors (Lipinski definition) is 1. The van der Waals surface area contributed by atoms with E-state index in [1.807, 2.05) is 11.8 Å². The average Bonchev–Trinajstić information content (AvgIpc) is 2.96. The van der Waals surface area contributed by atoms with Crippen molar-refractivity contribution in [3.63, 3.8) is 0 Å². The SMILES string of the molecule is Cc1ccccc1N1CC(O)(c2ccc(C(C)(C)C)cc2)[N+]2=C1SCCC2.[Br-]. The summed E-state index contributed by atoms with van der Waals surface area (Å²) in [6.07, 6.45) is 1.10. The first-order valence-electron chi connectivity index (χ1n) is 9.75. The van der Waals surface area contributed by atoms with E-state index in [1.165, 1.54) is 22.0 Å². The molecule has 3 nitrogen and oxygen atoms in total. The topological polar surface area (TPSA) is 26.5 Å². The summed E-state index contributed by atoms with van der Waals surface area (Å²) in [5, 5.41) is 13.0. The Balaban J connectivity index is 0.00000225. The summed E-state index contributed by atoms with van der Waals surface area (Å²) in [5.74, 6) is 1.10. The molecule has 0 amide bonds. The van der Waals surface area contributed by atoms with Gasteiger partial charge in [0.2, 0.25) is 0 Å². The minimum Gasteiger partial charge on any atom is -1.00 e. The number of nitrogens with zero attached hydrogens (tertiary/aromatic N) is 2. The van der Waals surface area contributed by atoms with Gasteiger partial charge >= 0.3 is 5.17 Å². The Morgan fingerprint density at radius 3 is 2.39 bits per heavy atom. The van der Waals surface area contributed by atoms with Gasteiger partial charge in [-0.05, 0) is 47.7 Å². The number of anilines is 1. The molecule has 0 saturated heterocycles. The standard InChI is InChI=1S/C23H29N2OS.BrH/c1-17-8-5-6-9-20(17)24-16-23(26,25-14-7-15-27-21(24)25)19-12-10-18(11-13-19)22(2,3)4;/h5-6,8-13,26H,7,14-16H2,1-4H3;1H/q+1;/p-1. The number of amidine groups is 1. The maximum atomic E-state index is 11.8. The van der Waals surface area contributed by atoms with Gasteiger partial charge in [-0.15, -0.1) is 0 Å². The highest BCUT2D eigenvalue weighted by molar-refractivity contribution is 8.13. The van der Waals surface area contributed by atoms with Gasteiger partial charge in [0.25, 0.3) is 5.72 Å². The van der Waals surface area contributed by atoms with Gasteiger partial charge in [0.05, 0.1) is 6.54 Å². The maximum Gasteiger partial charge on any atom is 0.316 e. The fraction of sp³-hybridized carbons (Fsp3) is 0.435. The lowest BCUT2D eigenvalue weighted by Gasteiger charge is -2.26. The van der Waals surface area contributed by atoms with Crippen LogP contribution >= 0.6 is 11.8 Å². The summed E-state index contributed by atoms with van der Waals surface area (Å²) >= 11 is 1.86. The number of aryl methyl sites for hydroxylation is 1. The molecule has 2 aliphatic rings. The molecular weight excluding hydrogens is 432 g/mol. The van der Waals surface area contributed by atoms with Crippen LogP contribution in [0.4, 0.5) is 5.69 Å². The molecule has 0 spiro atoms. The lowest BCUT2D eigenvalue weighted by Crippen LogP contribution is -3.00. The van der Waals surface area contributed by atoms with E-state index < -0.39 is 5.72 Å². The fourth-order valence-corrected chi connectivity index (χ4v) is 5.21. The van der Waals surface area contributed by atoms with Crippen LogP contribution in [0.1, 0.15) is 43.9 Å². The number of thioether (sulfide) groups is 1. The first-order valence-corrected chi connectivity index (χ1v) is 10.7. The molecule has 0 saturated carbocycles. The zero-order chi connectivity index (χ0) is 19.2. The summed E-state index contributed by atoms with van der Waals surface area (Å²) in [5.41, 5.74) is 3.83. The predicted octanol–water partition coefficient (Wildman–Crippen LogP) is 1.47. The molecular formula is C23H29BrN2OS. The average molecular weight is 461 g/mol. The third kappa shape index (κ3) is 3.64. The minimum absolute atomic E-state index is 0. The van der Waals surface area contributed by atoms with Crippen molar-refractivity contribution in [3.05, 3.63) is 65.2 Å². The molecule has 2 aromatic rings. The molecule has 28 heavy (non-hydrogen) atoms. The summed E-state index contributed by atoms with van der Waals surface area (Å²) in [7, 11) is 0. The Morgan fingerprint density at radius 2 is 1.75 bits per heavy atom. The van der Waals surface area contributed by atoms with Gasteiger partial charge < -0.3 is 22.1 Å². The lowest BCUT2D eigenvalue weighted by atomic mass is 9.86. The smallest absolute Gasteiger partial charge is 0.316 e. The molecule has 5 heteroatoms. The van der Waals surface area contributed by atoms with E-state index >= 15 is 0 Å². The van der Waals surface area contributed by atoms with Gasteiger partial charge in [0.15, 0.2) is 6.54 Å². The van der Waals surface area contributed by atoms with Crippen molar-refractivity contribution in [2.24, 2.45) is 0 Å². The number of aliphatic hydroxyl groups is 1. The van der Waals surface area contributed by atoms with Crippen molar-refractivity contribution in [1.29, 1.82) is 0 Å². The summed E-state index contributed by atoms with van der Waals surface area (Å²) in [4.78, 5) is 2.30. The van der Waals surface area contributed by atoms with Crippen molar-refractivity contribution < 1.29 is 26.7 Å². The summed E-state index contributed by atoms with van der Waals surface area (Å²) < 4.78 is 2.21. The van der Waals surface area contributed by atoms with E-state index in [0.29, 0.717) is 6.54 Å². The van der Waals surface area contributed by atoms with Crippen molar-refractivity contribution >= 4 is 22.6 Å². The third-order valence-electron chi connectivity index (χ3n) is 5.66. The van der Waals surface area contributed by atoms with E-state index in [0.717, 1.165) is 24.3 Å². The molecule has 2 aliphatic heterocycles. The largest absolute Gasteiger partial charge is 1.00 e. The monoisotopic (exact) mass is 460 g/mol. The Hall–Kier alpha value is -1.30. The van der Waals surface area contributed by atoms with Crippen LogP contribution in [0.5, 0.6) is 0 Å². The zero-order valence-corrected chi connectivity index (χ0v) is 19.5. The molecule has 1 N–H and O–H groups in total. The normalized spacial score (nSPS) is 22.1. The molecule has 2 heterocycles. The fourth-order valence-electron chi connectivity index (χ4n) is 4.04. The Labute approximate surface area is 183 Å². The number of para-hydroxylation sites is 1. The number of rotatable bonds is 2. The highest BCUT2D eigenvalue weighted by atomic mass is 79.9. The predicted molar refractivity (Wildman–Crippen MR) is 115 cm³/mol. The van der Waals surface area contributed by atoms with Gasteiger partial charge in [0.1, 0.15) is 5.69 Å². The highest BCUT2D eigenvalue weighted by Crippen LogP contribution is 2.39. The molecule has 2 aromatic carbocycles. The summed E-state index contributed by atoms with van der Waals surface area (Å²) in [6.45, 7) is 10.3. The number of β-amino-alcohol motifs (C(OH)–C–C–N with tert-alkyl or cyclic N) is 1. The first kappa shape index (κ1) is 21.4. The van der Waals surface area contributed by atoms with Gasteiger partial charge in [-0.2, -0.15) is 0 Å². The minimum atomic E-state index is -0.985. The molecule has 1 unspecified atom stereocenters. The molecule has 0 fully saturated rings. The van der Waals surface area contributed by atoms with Crippen LogP contribution in [0.25, 0.3) is 0 Å². The van der Waals surface area contributed by atoms with Crippen LogP contribution in [0, 0.1) is 6.92 Å². The second-order valence-electron chi connectivity index (χ2n) is 8.65. The van der Waals surface area contributed by atoms with Crippen LogP contribution < -0.4 is 21.9 Å². The van der Waals surface area contributed by atoms with Gasteiger partial charge in [-0.3, -0.25) is 0 Å². The Bertz CT molecular complexity index is 888. The number of hydrogen-bond acceptors (Lipinski definition) is 3. The Kier molecular flexibility index (Phi) is 6.00. The third-order valence-corrected chi connectivity index (χ3v) is 6.86. The molecule has 4 rings (SSSR count). The molecule has 150 valence electrons. The Morgan fingerprint density at radius 1 is 1.07 bits per heavy atom. The van der Waals surface area contributed by atoms with Crippen molar-refractivity contribution in [2.45, 2.75) is 45.3 Å². The van der Waals surface area contributed by atoms with Gasteiger partial charge in [0, 0.05) is 11.3 Å². The van der Waals surface area contributed by atoms with Crippen molar-refractivity contribution in [2.75, 3.05) is 23.7 Å².